The molecule has 28 heavy (non-hydrogen) atoms. The van der Waals surface area contributed by atoms with E-state index in [2.05, 4.69) is 0 Å². The summed E-state index contributed by atoms with van der Waals surface area (Å²) in [6.45, 7) is 2.81. The molecule has 1 aliphatic rings. The second kappa shape index (κ2) is 7.48. The molecule has 0 saturated carbocycles. The van der Waals surface area contributed by atoms with Gasteiger partial charge in [-0.15, -0.1) is 11.3 Å². The van der Waals surface area contributed by atoms with Gasteiger partial charge in [-0.25, -0.2) is 4.98 Å². The Hall–Kier alpha value is -3.12. The summed E-state index contributed by atoms with van der Waals surface area (Å²) < 4.78 is 5.41. The molecule has 0 atom stereocenters. The third-order valence-electron chi connectivity index (χ3n) is 4.79. The molecule has 1 aromatic heterocycles. The minimum Gasteiger partial charge on any atom is -0.510 e. The van der Waals surface area contributed by atoms with E-state index in [9.17, 15) is 5.11 Å². The van der Waals surface area contributed by atoms with E-state index >= 15 is 0 Å². The van der Waals surface area contributed by atoms with Crippen LogP contribution in [0, 0.1) is 12.3 Å². The molecule has 0 spiro atoms. The second-order valence-electron chi connectivity index (χ2n) is 6.63. The Morgan fingerprint density at radius 1 is 1.14 bits per heavy atom. The number of ether oxygens (including phenoxy) is 1. The van der Waals surface area contributed by atoms with Crippen molar-refractivity contribution in [3.8, 4) is 17.0 Å². The fourth-order valence-corrected chi connectivity index (χ4v) is 4.40. The summed E-state index contributed by atoms with van der Waals surface area (Å²) in [5, 5.41) is 19.9. The Bertz CT molecular complexity index is 1060. The highest BCUT2D eigenvalue weighted by molar-refractivity contribution is 7.13. The predicted molar refractivity (Wildman–Crippen MR) is 113 cm³/mol. The van der Waals surface area contributed by atoms with Crippen molar-refractivity contribution in [2.45, 2.75) is 13.5 Å². The Morgan fingerprint density at radius 3 is 2.61 bits per heavy atom. The van der Waals surface area contributed by atoms with Gasteiger partial charge in [0.15, 0.2) is 0 Å². The van der Waals surface area contributed by atoms with E-state index < -0.39 is 0 Å². The number of thiazole rings is 1. The van der Waals surface area contributed by atoms with Crippen LogP contribution in [0.15, 0.2) is 60.4 Å². The molecule has 4 rings (SSSR count). The molecule has 5 nitrogen and oxygen atoms in total. The molecule has 3 aromatic rings. The van der Waals surface area contributed by atoms with Gasteiger partial charge < -0.3 is 14.7 Å². The zero-order valence-corrected chi connectivity index (χ0v) is 16.6. The van der Waals surface area contributed by atoms with Crippen LogP contribution in [0.4, 0.5) is 0 Å². The zero-order valence-electron chi connectivity index (χ0n) is 15.8. The highest BCUT2D eigenvalue weighted by atomic mass is 32.1. The summed E-state index contributed by atoms with van der Waals surface area (Å²) in [5.74, 6) is 1.25. The van der Waals surface area contributed by atoms with Crippen LogP contribution in [0.1, 0.15) is 15.4 Å². The SMILES string of the molecule is COc1ccccc1CN1CC(O)=C(c2nc(-c3ccccc3)c(C)s2)C1=N. The van der Waals surface area contributed by atoms with Crippen molar-refractivity contribution in [2.75, 3.05) is 13.7 Å². The number of para-hydroxylation sites is 1. The summed E-state index contributed by atoms with van der Waals surface area (Å²) >= 11 is 1.51. The first-order chi connectivity index (χ1) is 13.6. The molecule has 0 unspecified atom stereocenters. The number of rotatable bonds is 5. The molecule has 0 fully saturated rings. The van der Waals surface area contributed by atoms with Crippen molar-refractivity contribution in [1.29, 1.82) is 5.41 Å². The molecule has 0 bridgehead atoms. The number of aliphatic hydroxyl groups is 1. The molecule has 6 heteroatoms. The Kier molecular flexibility index (Phi) is 4.88. The lowest BCUT2D eigenvalue weighted by Crippen LogP contribution is -2.26. The number of nitrogens with zero attached hydrogens (tertiary/aromatic N) is 2. The Balaban J connectivity index is 1.61. The van der Waals surface area contributed by atoms with Gasteiger partial charge in [-0.2, -0.15) is 0 Å². The lowest BCUT2D eigenvalue weighted by molar-refractivity contribution is 0.341. The van der Waals surface area contributed by atoms with Crippen LogP contribution in [0.2, 0.25) is 0 Å². The van der Waals surface area contributed by atoms with Crippen molar-refractivity contribution in [2.24, 2.45) is 0 Å². The molecule has 2 aromatic carbocycles. The maximum atomic E-state index is 10.6. The minimum atomic E-state index is 0.188. The lowest BCUT2D eigenvalue weighted by atomic mass is 10.1. The third-order valence-corrected chi connectivity index (χ3v) is 5.78. The molecule has 2 heterocycles. The molecule has 0 saturated heterocycles. The first-order valence-electron chi connectivity index (χ1n) is 8.99. The molecule has 1 aliphatic heterocycles. The molecule has 142 valence electrons. The number of amidine groups is 1. The van der Waals surface area contributed by atoms with Crippen LogP contribution in [0.25, 0.3) is 16.8 Å². The van der Waals surface area contributed by atoms with E-state index in [0.29, 0.717) is 23.7 Å². The topological polar surface area (TPSA) is 69.4 Å². The van der Waals surface area contributed by atoms with Crippen molar-refractivity contribution in [1.82, 2.24) is 9.88 Å². The Labute approximate surface area is 168 Å². The van der Waals surface area contributed by atoms with Gasteiger partial charge in [-0.1, -0.05) is 48.5 Å². The van der Waals surface area contributed by atoms with Gasteiger partial charge in [0.1, 0.15) is 22.4 Å². The molecule has 0 radical (unpaired) electrons. The third kappa shape index (κ3) is 3.27. The maximum Gasteiger partial charge on any atom is 0.135 e. The number of methoxy groups -OCH3 is 1. The average molecular weight is 391 g/mol. The largest absolute Gasteiger partial charge is 0.510 e. The van der Waals surface area contributed by atoms with Crippen LogP contribution >= 0.6 is 11.3 Å². The van der Waals surface area contributed by atoms with Crippen molar-refractivity contribution < 1.29 is 9.84 Å². The standard InChI is InChI=1S/C22H21N3O2S/c1-14-20(15-8-4-3-5-9-15)24-22(28-14)19-17(26)13-25(21(19)23)12-16-10-6-7-11-18(16)27-2/h3-11,23,26H,12-13H2,1-2H3. The highest BCUT2D eigenvalue weighted by Gasteiger charge is 2.31. The Morgan fingerprint density at radius 2 is 1.86 bits per heavy atom. The molecule has 0 amide bonds. The first-order valence-corrected chi connectivity index (χ1v) is 9.81. The number of hydrogen-bond donors (Lipinski definition) is 2. The summed E-state index contributed by atoms with van der Waals surface area (Å²) in [5.41, 5.74) is 3.43. The molecular weight excluding hydrogens is 370 g/mol. The lowest BCUT2D eigenvalue weighted by Gasteiger charge is -2.20. The number of aromatic nitrogens is 1. The number of benzene rings is 2. The summed E-state index contributed by atoms with van der Waals surface area (Å²) in [6.07, 6.45) is 0. The van der Waals surface area contributed by atoms with Gasteiger partial charge in [-0.05, 0) is 13.0 Å². The quantitative estimate of drug-likeness (QED) is 0.650. The van der Waals surface area contributed by atoms with E-state index in [4.69, 9.17) is 15.1 Å². The minimum absolute atomic E-state index is 0.188. The fourth-order valence-electron chi connectivity index (χ4n) is 3.40. The van der Waals surface area contributed by atoms with Crippen molar-refractivity contribution in [3.63, 3.8) is 0 Å². The van der Waals surface area contributed by atoms with Crippen molar-refractivity contribution in [3.05, 3.63) is 75.8 Å². The highest BCUT2D eigenvalue weighted by Crippen LogP contribution is 2.36. The number of hydrogen-bond acceptors (Lipinski definition) is 5. The van der Waals surface area contributed by atoms with Gasteiger partial charge in [0.25, 0.3) is 0 Å². The summed E-state index contributed by atoms with van der Waals surface area (Å²) in [4.78, 5) is 7.65. The normalized spacial score (nSPS) is 14.1. The summed E-state index contributed by atoms with van der Waals surface area (Å²) in [7, 11) is 1.64. The van der Waals surface area contributed by atoms with E-state index in [1.165, 1.54) is 11.3 Å². The van der Waals surface area contributed by atoms with Gasteiger partial charge in [0.2, 0.25) is 0 Å². The second-order valence-corrected chi connectivity index (χ2v) is 7.83. The molecule has 0 aliphatic carbocycles. The van der Waals surface area contributed by atoms with Gasteiger partial charge >= 0.3 is 0 Å². The number of aryl methyl sites for hydroxylation is 1. The van der Waals surface area contributed by atoms with E-state index in [-0.39, 0.29) is 11.6 Å². The smallest absolute Gasteiger partial charge is 0.135 e. The van der Waals surface area contributed by atoms with E-state index in [0.717, 1.165) is 27.4 Å². The van der Waals surface area contributed by atoms with Crippen LogP contribution in [0.5, 0.6) is 5.75 Å². The van der Waals surface area contributed by atoms with Crippen LogP contribution in [-0.4, -0.2) is 34.5 Å². The first kappa shape index (κ1) is 18.3. The van der Waals surface area contributed by atoms with E-state index in [1.807, 2.05) is 66.4 Å². The van der Waals surface area contributed by atoms with Crippen LogP contribution in [0.3, 0.4) is 0 Å². The monoisotopic (exact) mass is 391 g/mol. The van der Waals surface area contributed by atoms with Gasteiger partial charge in [0, 0.05) is 22.5 Å². The van der Waals surface area contributed by atoms with Crippen molar-refractivity contribution >= 4 is 22.7 Å². The van der Waals surface area contributed by atoms with E-state index in [1.54, 1.807) is 7.11 Å². The number of nitrogens with one attached hydrogen (secondary N) is 1. The molecular formula is C22H21N3O2S. The van der Waals surface area contributed by atoms with Crippen LogP contribution in [-0.2, 0) is 6.54 Å². The van der Waals surface area contributed by atoms with Crippen LogP contribution < -0.4 is 4.74 Å². The van der Waals surface area contributed by atoms with Gasteiger partial charge in [-0.3, -0.25) is 5.41 Å². The predicted octanol–water partition coefficient (Wildman–Crippen LogP) is 4.89. The maximum absolute atomic E-state index is 10.6. The number of aliphatic hydroxyl groups excluding tert-OH is 1. The van der Waals surface area contributed by atoms with Gasteiger partial charge in [0.05, 0.1) is 24.9 Å². The fraction of sp³-hybridized carbons (Fsp3) is 0.182. The summed E-state index contributed by atoms with van der Waals surface area (Å²) in [6, 6.07) is 17.7. The zero-order chi connectivity index (χ0) is 19.7. The average Bonchev–Trinajstić information content (AvgIpc) is 3.22. The molecule has 2 N–H and O–H groups in total.